The predicted molar refractivity (Wildman–Crippen MR) is 96.3 cm³/mol. The van der Waals surface area contributed by atoms with Crippen LogP contribution in [0.15, 0.2) is 17.0 Å². The Balaban J connectivity index is 1.94. The van der Waals surface area contributed by atoms with Crippen LogP contribution in [0.3, 0.4) is 0 Å². The quantitative estimate of drug-likeness (QED) is 0.819. The molecule has 1 aromatic carbocycles. The lowest BCUT2D eigenvalue weighted by atomic mass is 9.86. The lowest BCUT2D eigenvalue weighted by molar-refractivity contribution is -0.116. The van der Waals surface area contributed by atoms with E-state index in [2.05, 4.69) is 5.32 Å². The molecule has 1 aliphatic carbocycles. The second kappa shape index (κ2) is 8.12. The van der Waals surface area contributed by atoms with Crippen molar-refractivity contribution in [2.75, 3.05) is 5.32 Å². The molecule has 1 amide bonds. The summed E-state index contributed by atoms with van der Waals surface area (Å²) in [5.41, 5.74) is 2.18. The summed E-state index contributed by atoms with van der Waals surface area (Å²) in [6.45, 7) is 3.67. The molecule has 5 nitrogen and oxygen atoms in total. The maximum atomic E-state index is 12.2. The predicted octanol–water partition coefficient (Wildman–Crippen LogP) is 3.64. The van der Waals surface area contributed by atoms with Gasteiger partial charge in [-0.25, -0.2) is 13.6 Å². The van der Waals surface area contributed by atoms with E-state index in [0.717, 1.165) is 29.9 Å². The van der Waals surface area contributed by atoms with Gasteiger partial charge in [-0.2, -0.15) is 0 Å². The van der Waals surface area contributed by atoms with Crippen LogP contribution >= 0.6 is 0 Å². The Kier molecular flexibility index (Phi) is 6.40. The van der Waals surface area contributed by atoms with Crippen LogP contribution in [0.5, 0.6) is 0 Å². The van der Waals surface area contributed by atoms with Gasteiger partial charge < -0.3 is 5.32 Å². The fraction of sp³-hybridized carbons (Fsp3) is 0.611. The van der Waals surface area contributed by atoms with E-state index in [-0.39, 0.29) is 10.8 Å². The van der Waals surface area contributed by atoms with E-state index in [4.69, 9.17) is 5.14 Å². The van der Waals surface area contributed by atoms with Crippen molar-refractivity contribution < 1.29 is 13.2 Å². The molecule has 1 aliphatic rings. The second-order valence-electron chi connectivity index (χ2n) is 6.90. The van der Waals surface area contributed by atoms with Gasteiger partial charge in [-0.1, -0.05) is 32.1 Å². The number of hydrogen-bond acceptors (Lipinski definition) is 3. The maximum Gasteiger partial charge on any atom is 0.238 e. The first-order valence-electron chi connectivity index (χ1n) is 8.71. The van der Waals surface area contributed by atoms with Crippen molar-refractivity contribution in [3.8, 4) is 0 Å². The molecule has 0 unspecified atom stereocenters. The summed E-state index contributed by atoms with van der Waals surface area (Å²) in [4.78, 5) is 12.2. The lowest BCUT2D eigenvalue weighted by Gasteiger charge is -2.21. The fourth-order valence-corrected chi connectivity index (χ4v) is 3.98. The van der Waals surface area contributed by atoms with Gasteiger partial charge in [0.05, 0.1) is 4.90 Å². The zero-order chi connectivity index (χ0) is 17.7. The topological polar surface area (TPSA) is 89.3 Å². The van der Waals surface area contributed by atoms with Crippen molar-refractivity contribution in [1.82, 2.24) is 0 Å². The van der Waals surface area contributed by atoms with Crippen molar-refractivity contribution in [2.45, 2.75) is 70.1 Å². The number of amides is 1. The molecule has 0 heterocycles. The molecule has 0 radical (unpaired) electrons. The molecular formula is C18H28N2O3S. The van der Waals surface area contributed by atoms with Crippen molar-refractivity contribution in [3.63, 3.8) is 0 Å². The minimum absolute atomic E-state index is 0.0307. The maximum absolute atomic E-state index is 12.2. The Hall–Kier alpha value is -1.40. The molecule has 0 atom stereocenters. The molecule has 2 rings (SSSR count). The molecule has 0 bridgehead atoms. The minimum Gasteiger partial charge on any atom is -0.326 e. The molecule has 1 aromatic rings. The number of anilines is 1. The van der Waals surface area contributed by atoms with Gasteiger partial charge in [0.1, 0.15) is 0 Å². The van der Waals surface area contributed by atoms with Crippen LogP contribution in [0.4, 0.5) is 5.69 Å². The second-order valence-corrected chi connectivity index (χ2v) is 8.46. The van der Waals surface area contributed by atoms with Gasteiger partial charge in [0.25, 0.3) is 0 Å². The smallest absolute Gasteiger partial charge is 0.238 e. The molecule has 24 heavy (non-hydrogen) atoms. The van der Waals surface area contributed by atoms with Crippen LogP contribution in [0, 0.1) is 19.8 Å². The highest BCUT2D eigenvalue weighted by molar-refractivity contribution is 7.89. The molecule has 0 aliphatic heterocycles. The standard InChI is InChI=1S/C18H28N2O3S/c1-13-11-16(24(19,22)23)12-17(14(13)2)20-18(21)10-6-9-15-7-4-3-5-8-15/h11-12,15H,3-10H2,1-2H3,(H,20,21)(H2,19,22,23). The van der Waals surface area contributed by atoms with Gasteiger partial charge in [0, 0.05) is 12.1 Å². The zero-order valence-corrected chi connectivity index (χ0v) is 15.4. The number of nitrogens with one attached hydrogen (secondary N) is 1. The molecule has 0 saturated heterocycles. The number of primary sulfonamides is 1. The summed E-state index contributed by atoms with van der Waals surface area (Å²) in [5, 5.41) is 8.04. The molecule has 6 heteroatoms. The number of carbonyl (C=O) groups excluding carboxylic acids is 1. The molecule has 0 aromatic heterocycles. The summed E-state index contributed by atoms with van der Waals surface area (Å²) in [6, 6.07) is 2.97. The Bertz CT molecular complexity index is 692. The average Bonchev–Trinajstić information content (AvgIpc) is 2.51. The Labute approximate surface area is 145 Å². The fourth-order valence-electron chi connectivity index (χ4n) is 3.36. The van der Waals surface area contributed by atoms with Crippen molar-refractivity contribution in [2.24, 2.45) is 11.1 Å². The average molecular weight is 353 g/mol. The highest BCUT2D eigenvalue weighted by Gasteiger charge is 2.16. The van der Waals surface area contributed by atoms with Crippen LogP contribution in [-0.4, -0.2) is 14.3 Å². The number of sulfonamides is 1. The molecule has 3 N–H and O–H groups in total. The largest absolute Gasteiger partial charge is 0.326 e. The Morgan fingerprint density at radius 2 is 1.88 bits per heavy atom. The number of carbonyl (C=O) groups is 1. The van der Waals surface area contributed by atoms with Gasteiger partial charge >= 0.3 is 0 Å². The summed E-state index contributed by atoms with van der Waals surface area (Å²) < 4.78 is 23.1. The number of benzene rings is 1. The van der Waals surface area contributed by atoms with Crippen molar-refractivity contribution in [3.05, 3.63) is 23.3 Å². The van der Waals surface area contributed by atoms with E-state index in [1.807, 2.05) is 13.8 Å². The molecule has 1 saturated carbocycles. The van der Waals surface area contributed by atoms with E-state index >= 15 is 0 Å². The Morgan fingerprint density at radius 3 is 2.50 bits per heavy atom. The van der Waals surface area contributed by atoms with Gasteiger partial charge in [0.15, 0.2) is 0 Å². The third kappa shape index (κ3) is 5.31. The van der Waals surface area contributed by atoms with Gasteiger partial charge in [-0.3, -0.25) is 4.79 Å². The summed E-state index contributed by atoms with van der Waals surface area (Å²) in [5.74, 6) is 0.695. The summed E-state index contributed by atoms with van der Waals surface area (Å²) >= 11 is 0. The third-order valence-electron chi connectivity index (χ3n) is 4.98. The number of hydrogen-bond donors (Lipinski definition) is 2. The highest BCUT2D eigenvalue weighted by atomic mass is 32.2. The lowest BCUT2D eigenvalue weighted by Crippen LogP contribution is -2.16. The van der Waals surface area contributed by atoms with Crippen molar-refractivity contribution >= 4 is 21.6 Å². The summed E-state index contributed by atoms with van der Waals surface area (Å²) in [7, 11) is -3.78. The van der Waals surface area contributed by atoms with Crippen LogP contribution < -0.4 is 10.5 Å². The van der Waals surface area contributed by atoms with Crippen LogP contribution in [0.1, 0.15) is 62.5 Å². The van der Waals surface area contributed by atoms with Crippen LogP contribution in [0.25, 0.3) is 0 Å². The SMILES string of the molecule is Cc1cc(S(N)(=O)=O)cc(NC(=O)CCCC2CCCCC2)c1C. The molecule has 134 valence electrons. The first-order valence-corrected chi connectivity index (χ1v) is 10.3. The first kappa shape index (κ1) is 18.9. The van der Waals surface area contributed by atoms with E-state index < -0.39 is 10.0 Å². The molecule has 0 spiro atoms. The van der Waals surface area contributed by atoms with Crippen LogP contribution in [0.2, 0.25) is 0 Å². The van der Waals surface area contributed by atoms with E-state index in [0.29, 0.717) is 12.1 Å². The van der Waals surface area contributed by atoms with Gasteiger partial charge in [0.2, 0.25) is 15.9 Å². The first-order chi connectivity index (χ1) is 11.3. The Morgan fingerprint density at radius 1 is 1.21 bits per heavy atom. The van der Waals surface area contributed by atoms with Crippen molar-refractivity contribution in [1.29, 1.82) is 0 Å². The van der Waals surface area contributed by atoms with E-state index in [9.17, 15) is 13.2 Å². The van der Waals surface area contributed by atoms with E-state index in [1.54, 1.807) is 0 Å². The minimum atomic E-state index is -3.78. The monoisotopic (exact) mass is 352 g/mol. The highest BCUT2D eigenvalue weighted by Crippen LogP contribution is 2.28. The zero-order valence-electron chi connectivity index (χ0n) is 14.6. The molecule has 1 fully saturated rings. The number of rotatable bonds is 6. The normalized spacial score (nSPS) is 16.1. The summed E-state index contributed by atoms with van der Waals surface area (Å²) in [6.07, 6.45) is 8.99. The third-order valence-corrected chi connectivity index (χ3v) is 5.88. The molecular weight excluding hydrogens is 324 g/mol. The number of nitrogens with two attached hydrogens (primary N) is 1. The number of aryl methyl sites for hydroxylation is 1. The van der Waals surface area contributed by atoms with E-state index in [1.165, 1.54) is 44.2 Å². The van der Waals surface area contributed by atoms with Crippen LogP contribution in [-0.2, 0) is 14.8 Å². The van der Waals surface area contributed by atoms with Gasteiger partial charge in [-0.05, 0) is 55.9 Å². The van der Waals surface area contributed by atoms with Gasteiger partial charge in [-0.15, -0.1) is 0 Å².